The number of halogens is 1. The van der Waals surface area contributed by atoms with E-state index in [-0.39, 0.29) is 12.4 Å². The van der Waals surface area contributed by atoms with E-state index in [0.717, 1.165) is 0 Å². The number of carbonyl (C=O) groups excluding carboxylic acids is 1. The number of unbranched alkanes of at least 4 members (excludes halogenated alkanes) is 4. The number of carbonyl (C=O) groups is 1. The summed E-state index contributed by atoms with van der Waals surface area (Å²) >= 11 is 0. The van der Waals surface area contributed by atoms with Gasteiger partial charge in [0.15, 0.2) is 0 Å². The van der Waals surface area contributed by atoms with Gasteiger partial charge in [0.1, 0.15) is 0 Å². The van der Waals surface area contributed by atoms with E-state index in [2.05, 4.69) is 18.6 Å². The zero-order valence-corrected chi connectivity index (χ0v) is 9.86. The maximum absolute atomic E-state index is 9.18. The van der Waals surface area contributed by atoms with Gasteiger partial charge < -0.3 is 4.74 Å². The smallest absolute Gasteiger partial charge is 0.293 e. The van der Waals surface area contributed by atoms with E-state index in [1.165, 1.54) is 32.1 Å². The molecule has 0 aliphatic carbocycles. The Morgan fingerprint density at radius 2 is 1.46 bits per heavy atom. The topological polar surface area (TPSA) is 26.3 Å². The van der Waals surface area contributed by atoms with Crippen LogP contribution in [0.2, 0.25) is 0 Å². The van der Waals surface area contributed by atoms with E-state index in [1.54, 1.807) is 6.92 Å². The van der Waals surface area contributed by atoms with Crippen LogP contribution in [0.15, 0.2) is 0 Å². The highest BCUT2D eigenvalue weighted by molar-refractivity contribution is 5.85. The van der Waals surface area contributed by atoms with Gasteiger partial charge in [0.25, 0.3) is 6.47 Å². The fraction of sp³-hybridized carbons (Fsp3) is 0.900. The van der Waals surface area contributed by atoms with Crippen molar-refractivity contribution in [3.05, 3.63) is 0 Å². The molecule has 2 nitrogen and oxygen atoms in total. The predicted molar refractivity (Wildman–Crippen MR) is 59.4 cm³/mol. The van der Waals surface area contributed by atoms with Crippen molar-refractivity contribution < 1.29 is 9.53 Å². The van der Waals surface area contributed by atoms with Crippen molar-refractivity contribution in [2.24, 2.45) is 0 Å². The second kappa shape index (κ2) is 22.6. The molecule has 0 aromatic rings. The van der Waals surface area contributed by atoms with Crippen LogP contribution in [0.25, 0.3) is 0 Å². The first-order valence-electron chi connectivity index (χ1n) is 4.88. The quantitative estimate of drug-likeness (QED) is 0.495. The minimum absolute atomic E-state index is 0. The molecule has 0 radical (unpaired) electrons. The average Bonchev–Trinajstić information content (AvgIpc) is 2.08. The van der Waals surface area contributed by atoms with Gasteiger partial charge in [-0.1, -0.05) is 46.0 Å². The van der Waals surface area contributed by atoms with Crippen molar-refractivity contribution in [2.45, 2.75) is 52.9 Å². The van der Waals surface area contributed by atoms with E-state index in [4.69, 9.17) is 0 Å². The third-order valence-electron chi connectivity index (χ3n) is 1.44. The Morgan fingerprint density at radius 3 is 1.62 bits per heavy atom. The molecule has 0 fully saturated rings. The normalized spacial score (nSPS) is 7.62. The summed E-state index contributed by atoms with van der Waals surface area (Å²) in [4.78, 5) is 9.18. The summed E-state index contributed by atoms with van der Waals surface area (Å²) in [5.74, 6) is 0. The summed E-state index contributed by atoms with van der Waals surface area (Å²) in [6.07, 6.45) is 7.01. The molecular formula is C10H23ClO2. The maximum Gasteiger partial charge on any atom is 0.293 e. The second-order valence-electron chi connectivity index (χ2n) is 2.61. The number of ether oxygens (including phenoxy) is 1. The molecule has 0 atom stereocenters. The van der Waals surface area contributed by atoms with Crippen LogP contribution in [0.4, 0.5) is 0 Å². The van der Waals surface area contributed by atoms with Crippen LogP contribution >= 0.6 is 12.4 Å². The Labute approximate surface area is 88.5 Å². The molecule has 0 aliphatic heterocycles. The van der Waals surface area contributed by atoms with E-state index in [0.29, 0.717) is 13.1 Å². The van der Waals surface area contributed by atoms with E-state index in [9.17, 15) is 4.79 Å². The molecule has 13 heavy (non-hydrogen) atoms. The lowest BCUT2D eigenvalue weighted by Gasteiger charge is -1.90. The molecule has 0 bridgehead atoms. The average molecular weight is 211 g/mol. The van der Waals surface area contributed by atoms with E-state index < -0.39 is 0 Å². The Kier molecular flexibility index (Phi) is 32.2. The lowest BCUT2D eigenvalue weighted by Crippen LogP contribution is -1.80. The number of hydrogen-bond acceptors (Lipinski definition) is 2. The Balaban J connectivity index is -0.000000150. The van der Waals surface area contributed by atoms with Gasteiger partial charge >= 0.3 is 0 Å². The van der Waals surface area contributed by atoms with Crippen molar-refractivity contribution in [1.82, 2.24) is 0 Å². The van der Waals surface area contributed by atoms with Gasteiger partial charge in [0, 0.05) is 0 Å². The fourth-order valence-corrected chi connectivity index (χ4v) is 0.745. The molecular weight excluding hydrogens is 188 g/mol. The predicted octanol–water partition coefficient (Wildman–Crippen LogP) is 3.58. The van der Waals surface area contributed by atoms with Crippen molar-refractivity contribution in [3.8, 4) is 0 Å². The standard InChI is InChI=1S/C7H16.C3H6O2.ClH/c1-3-5-7-6-4-2;1-2-5-3-4;/h3-7H2,1-2H3;3H,2H2,1H3;1H. The molecule has 3 heteroatoms. The molecule has 0 spiro atoms. The molecule has 0 unspecified atom stereocenters. The summed E-state index contributed by atoms with van der Waals surface area (Å²) in [6.45, 7) is 7.16. The number of rotatable bonds is 6. The van der Waals surface area contributed by atoms with Crippen LogP contribution in [0.3, 0.4) is 0 Å². The fourth-order valence-electron chi connectivity index (χ4n) is 0.745. The van der Waals surface area contributed by atoms with Gasteiger partial charge in [-0.05, 0) is 6.92 Å². The Hall–Kier alpha value is -0.240. The van der Waals surface area contributed by atoms with Gasteiger partial charge in [0.2, 0.25) is 0 Å². The molecule has 0 amide bonds. The Morgan fingerprint density at radius 1 is 1.00 bits per heavy atom. The molecule has 0 rings (SSSR count). The summed E-state index contributed by atoms with van der Waals surface area (Å²) in [7, 11) is 0. The van der Waals surface area contributed by atoms with Crippen molar-refractivity contribution >= 4 is 18.9 Å². The summed E-state index contributed by atoms with van der Waals surface area (Å²) in [5.41, 5.74) is 0. The minimum Gasteiger partial charge on any atom is -0.468 e. The molecule has 0 saturated heterocycles. The molecule has 0 aromatic carbocycles. The van der Waals surface area contributed by atoms with Crippen LogP contribution in [-0.2, 0) is 9.53 Å². The van der Waals surface area contributed by atoms with Crippen molar-refractivity contribution in [2.75, 3.05) is 6.61 Å². The van der Waals surface area contributed by atoms with Gasteiger partial charge in [0.05, 0.1) is 6.61 Å². The third kappa shape index (κ3) is 33.8. The van der Waals surface area contributed by atoms with Crippen LogP contribution < -0.4 is 0 Å². The van der Waals surface area contributed by atoms with Crippen LogP contribution in [0.5, 0.6) is 0 Å². The lowest BCUT2D eigenvalue weighted by atomic mass is 10.2. The lowest BCUT2D eigenvalue weighted by molar-refractivity contribution is -0.128. The highest BCUT2D eigenvalue weighted by Gasteiger charge is 1.80. The molecule has 0 heterocycles. The van der Waals surface area contributed by atoms with E-state index >= 15 is 0 Å². The van der Waals surface area contributed by atoms with Crippen LogP contribution in [0, 0.1) is 0 Å². The monoisotopic (exact) mass is 210 g/mol. The molecule has 0 saturated carbocycles. The first kappa shape index (κ1) is 18.5. The zero-order valence-electron chi connectivity index (χ0n) is 9.04. The zero-order chi connectivity index (χ0) is 9.66. The number of hydrogen-bond donors (Lipinski definition) is 0. The summed E-state index contributed by atoms with van der Waals surface area (Å²) in [5, 5.41) is 0. The van der Waals surface area contributed by atoms with Crippen LogP contribution in [-0.4, -0.2) is 13.1 Å². The summed E-state index contributed by atoms with van der Waals surface area (Å²) < 4.78 is 4.15. The van der Waals surface area contributed by atoms with Crippen molar-refractivity contribution in [3.63, 3.8) is 0 Å². The first-order valence-corrected chi connectivity index (χ1v) is 4.88. The molecule has 0 aromatic heterocycles. The highest BCUT2D eigenvalue weighted by atomic mass is 35.5. The largest absolute Gasteiger partial charge is 0.468 e. The molecule has 82 valence electrons. The van der Waals surface area contributed by atoms with Gasteiger partial charge in [-0.2, -0.15) is 0 Å². The highest BCUT2D eigenvalue weighted by Crippen LogP contribution is 2.00. The second-order valence-corrected chi connectivity index (χ2v) is 2.61. The van der Waals surface area contributed by atoms with Crippen molar-refractivity contribution in [1.29, 1.82) is 0 Å². The minimum atomic E-state index is 0. The molecule has 0 aliphatic rings. The SMILES string of the molecule is CCCCCCC.CCOC=O.Cl. The van der Waals surface area contributed by atoms with Gasteiger partial charge in [-0.25, -0.2) is 0 Å². The maximum atomic E-state index is 9.18. The first-order chi connectivity index (χ1) is 5.83. The van der Waals surface area contributed by atoms with Gasteiger partial charge in [-0.3, -0.25) is 4.79 Å². The Bertz CT molecular complexity index is 73.3. The third-order valence-corrected chi connectivity index (χ3v) is 1.44. The summed E-state index contributed by atoms with van der Waals surface area (Å²) in [6, 6.07) is 0. The molecule has 0 N–H and O–H groups in total. The van der Waals surface area contributed by atoms with Crippen LogP contribution in [0.1, 0.15) is 52.9 Å². The van der Waals surface area contributed by atoms with E-state index in [1.807, 2.05) is 0 Å². The van der Waals surface area contributed by atoms with Gasteiger partial charge in [-0.15, -0.1) is 12.4 Å².